The number of hydrogen-bond donors (Lipinski definition) is 2. The number of Topliss-reactive ketones (excluding diaryl/α,β-unsaturated/α-hetero) is 1. The summed E-state index contributed by atoms with van der Waals surface area (Å²) in [5, 5.41) is 1.99. The zero-order valence-corrected chi connectivity index (χ0v) is 14.2. The third-order valence-electron chi connectivity index (χ3n) is 2.73. The lowest BCUT2D eigenvalue weighted by atomic mass is 10.1. The number of ether oxygens (including phenoxy) is 1. The summed E-state index contributed by atoms with van der Waals surface area (Å²) in [7, 11) is 0. The van der Waals surface area contributed by atoms with Crippen molar-refractivity contribution in [1.82, 2.24) is 5.32 Å². The number of carbonyl (C=O) groups excluding carboxylic acids is 3. The van der Waals surface area contributed by atoms with Gasteiger partial charge >= 0.3 is 12.2 Å². The van der Waals surface area contributed by atoms with E-state index in [-0.39, 0.29) is 24.9 Å². The minimum atomic E-state index is -0.945. The highest BCUT2D eigenvalue weighted by Crippen LogP contribution is 2.11. The maximum absolute atomic E-state index is 12.0. The van der Waals surface area contributed by atoms with Gasteiger partial charge in [-0.15, -0.1) is 0 Å². The van der Waals surface area contributed by atoms with Crippen molar-refractivity contribution in [3.05, 3.63) is 5.53 Å². The Bertz CT molecular complexity index is 459. The first kappa shape index (κ1) is 20.3. The summed E-state index contributed by atoms with van der Waals surface area (Å²) in [6.07, 6.45) is 0.419. The van der Waals surface area contributed by atoms with E-state index < -0.39 is 29.0 Å². The van der Waals surface area contributed by atoms with Crippen LogP contribution in [0.25, 0.3) is 5.53 Å². The molecule has 0 aliphatic carbocycles. The van der Waals surface area contributed by atoms with Crippen molar-refractivity contribution in [3.63, 3.8) is 0 Å². The van der Waals surface area contributed by atoms with E-state index in [2.05, 4.69) is 22.7 Å². The van der Waals surface area contributed by atoms with E-state index in [1.807, 2.05) is 13.8 Å². The molecule has 0 aromatic carbocycles. The van der Waals surface area contributed by atoms with Crippen LogP contribution in [0.1, 0.15) is 40.5 Å². The highest BCUT2D eigenvalue weighted by atomic mass is 32.1. The van der Waals surface area contributed by atoms with Gasteiger partial charge in [-0.25, -0.2) is 4.79 Å². The third kappa shape index (κ3) is 7.95. The third-order valence-corrected chi connectivity index (χ3v) is 3.56. The van der Waals surface area contributed by atoms with Gasteiger partial charge in [-0.3, -0.25) is 9.59 Å². The van der Waals surface area contributed by atoms with Gasteiger partial charge < -0.3 is 15.6 Å². The highest BCUT2D eigenvalue weighted by molar-refractivity contribution is 7.81. The first-order chi connectivity index (χ1) is 10.2. The second-order valence-corrected chi connectivity index (χ2v) is 6.04. The molecule has 0 saturated carbocycles. The Morgan fingerprint density at radius 1 is 1.27 bits per heavy atom. The van der Waals surface area contributed by atoms with E-state index in [0.717, 1.165) is 6.21 Å². The summed E-state index contributed by atoms with van der Waals surface area (Å²) >= 11 is 4.19. The molecule has 0 rings (SSSR count). The number of nitrogens with one attached hydrogen (secondary N) is 1. The van der Waals surface area contributed by atoms with Crippen molar-refractivity contribution < 1.29 is 23.9 Å². The Labute approximate surface area is 135 Å². The smallest absolute Gasteiger partial charge is 0.328 e. The van der Waals surface area contributed by atoms with E-state index in [1.54, 1.807) is 13.8 Å². The van der Waals surface area contributed by atoms with Gasteiger partial charge in [0.2, 0.25) is 11.7 Å². The van der Waals surface area contributed by atoms with E-state index in [1.165, 1.54) is 0 Å². The minimum absolute atomic E-state index is 0.00624. The van der Waals surface area contributed by atoms with Crippen LogP contribution in [-0.4, -0.2) is 46.1 Å². The summed E-state index contributed by atoms with van der Waals surface area (Å²) in [6.45, 7) is 7.05. The zero-order valence-electron chi connectivity index (χ0n) is 13.3. The first-order valence-electron chi connectivity index (χ1n) is 7.08. The van der Waals surface area contributed by atoms with Gasteiger partial charge in [0.15, 0.2) is 0 Å². The molecular formula is C14H23N3O4S. The summed E-state index contributed by atoms with van der Waals surface area (Å²) in [5.41, 5.74) is 8.29. The molecule has 0 saturated heterocycles. The van der Waals surface area contributed by atoms with E-state index >= 15 is 0 Å². The summed E-state index contributed by atoms with van der Waals surface area (Å²) in [6, 6.07) is -0.945. The quantitative estimate of drug-likeness (QED) is 0.216. The lowest BCUT2D eigenvalue weighted by Gasteiger charge is -2.21. The molecule has 2 atom stereocenters. The molecule has 0 spiro atoms. The fourth-order valence-electron chi connectivity index (χ4n) is 1.54. The number of nitrogens with zero attached hydrogens (tertiary/aromatic N) is 2. The molecule has 0 aromatic heterocycles. The Morgan fingerprint density at radius 3 is 2.32 bits per heavy atom. The largest absolute Gasteiger partial charge is 0.461 e. The van der Waals surface area contributed by atoms with Crippen molar-refractivity contribution in [2.75, 3.05) is 0 Å². The molecule has 0 aliphatic rings. The monoisotopic (exact) mass is 329 g/mol. The van der Waals surface area contributed by atoms with Gasteiger partial charge in [0, 0.05) is 6.42 Å². The van der Waals surface area contributed by atoms with Crippen LogP contribution in [-0.2, 0) is 19.1 Å². The Hall–Kier alpha value is -1.66. The van der Waals surface area contributed by atoms with Crippen molar-refractivity contribution in [3.8, 4) is 0 Å². The molecule has 0 bridgehead atoms. The highest BCUT2D eigenvalue weighted by Gasteiger charge is 2.27. The molecule has 22 heavy (non-hydrogen) atoms. The van der Waals surface area contributed by atoms with E-state index in [9.17, 15) is 14.4 Å². The molecule has 124 valence electrons. The fraction of sp³-hybridized carbons (Fsp3) is 0.714. The molecule has 0 aromatic rings. The first-order valence-corrected chi connectivity index (χ1v) is 7.59. The topological polar surface area (TPSA) is 109 Å². The lowest BCUT2D eigenvalue weighted by Crippen LogP contribution is -2.46. The predicted octanol–water partition coefficient (Wildman–Crippen LogP) is 1.03. The normalized spacial score (nSPS) is 13.2. The minimum Gasteiger partial charge on any atom is -0.461 e. The van der Waals surface area contributed by atoms with Crippen molar-refractivity contribution >= 4 is 36.5 Å². The number of esters is 1. The van der Waals surface area contributed by atoms with Crippen LogP contribution in [0, 0.1) is 5.92 Å². The molecule has 7 nitrogen and oxygen atoms in total. The molecular weight excluding hydrogens is 306 g/mol. The molecule has 1 N–H and O–H groups in total. The maximum atomic E-state index is 12.0. The van der Waals surface area contributed by atoms with E-state index in [4.69, 9.17) is 10.3 Å². The number of hydrogen-bond acceptors (Lipinski definition) is 5. The van der Waals surface area contributed by atoms with Crippen LogP contribution in [0.4, 0.5) is 0 Å². The van der Waals surface area contributed by atoms with Gasteiger partial charge in [0.1, 0.15) is 6.04 Å². The number of rotatable bonds is 9. The number of carbonyl (C=O) groups is 3. The average Bonchev–Trinajstić information content (AvgIpc) is 2.41. The van der Waals surface area contributed by atoms with Crippen LogP contribution in [0.15, 0.2) is 0 Å². The number of ketones is 1. The maximum Gasteiger partial charge on any atom is 0.328 e. The lowest BCUT2D eigenvalue weighted by molar-refractivity contribution is -0.151. The molecule has 8 heteroatoms. The molecule has 0 heterocycles. The molecule has 0 fully saturated rings. The standard InChI is InChI=1S/C14H23N3O4S/c1-8(2)12(22)13(19)17-11(14(20)21-9(3)4)6-5-10(18)7-16-15/h7-9,11-12,22H,5-6H2,1-4H3,(H,17,19)/t11-,12-/m0/s1. The van der Waals surface area contributed by atoms with Crippen LogP contribution >= 0.6 is 12.6 Å². The second kappa shape index (κ2) is 10.1. The van der Waals surface area contributed by atoms with Crippen LogP contribution < -0.4 is 5.32 Å². The predicted molar refractivity (Wildman–Crippen MR) is 84.7 cm³/mol. The summed E-state index contributed by atoms with van der Waals surface area (Å²) < 4.78 is 5.07. The molecule has 1 amide bonds. The van der Waals surface area contributed by atoms with Crippen LogP contribution in [0.2, 0.25) is 0 Å². The Morgan fingerprint density at radius 2 is 1.86 bits per heavy atom. The fourth-order valence-corrected chi connectivity index (χ4v) is 1.61. The Kier molecular flexibility index (Phi) is 9.37. The number of thiol groups is 1. The van der Waals surface area contributed by atoms with Gasteiger partial charge in [0.05, 0.1) is 11.4 Å². The van der Waals surface area contributed by atoms with Gasteiger partial charge in [-0.1, -0.05) is 13.8 Å². The SMILES string of the molecule is CC(C)OC(=O)[C@H](CCC(=O)C=[N+]=[N-])NC(=O)[C@@H](S)C(C)C. The van der Waals surface area contributed by atoms with Gasteiger partial charge in [0.25, 0.3) is 0 Å². The van der Waals surface area contributed by atoms with Gasteiger partial charge in [-0.2, -0.15) is 17.4 Å². The molecule has 0 unspecified atom stereocenters. The van der Waals surface area contributed by atoms with Crippen molar-refractivity contribution in [2.24, 2.45) is 5.92 Å². The number of amides is 1. The average molecular weight is 329 g/mol. The molecule has 0 aliphatic heterocycles. The van der Waals surface area contributed by atoms with Crippen LogP contribution in [0.3, 0.4) is 0 Å². The Balaban J connectivity index is 4.85. The van der Waals surface area contributed by atoms with Gasteiger partial charge in [-0.05, 0) is 26.2 Å². The van der Waals surface area contributed by atoms with Crippen molar-refractivity contribution in [2.45, 2.75) is 57.9 Å². The van der Waals surface area contributed by atoms with Crippen molar-refractivity contribution in [1.29, 1.82) is 0 Å². The summed E-state index contributed by atoms with van der Waals surface area (Å²) in [5.74, 6) is -1.47. The van der Waals surface area contributed by atoms with E-state index in [0.29, 0.717) is 0 Å². The zero-order chi connectivity index (χ0) is 17.3. The molecule has 0 radical (unpaired) electrons. The van der Waals surface area contributed by atoms with Crippen LogP contribution in [0.5, 0.6) is 0 Å². The summed E-state index contributed by atoms with van der Waals surface area (Å²) in [4.78, 5) is 38.0. The second-order valence-electron chi connectivity index (χ2n) is 5.49.